The van der Waals surface area contributed by atoms with Crippen molar-refractivity contribution in [2.45, 2.75) is 35.4 Å². The molecule has 7 heteroatoms. The van der Waals surface area contributed by atoms with Crippen LogP contribution in [-0.2, 0) is 9.59 Å². The van der Waals surface area contributed by atoms with Crippen molar-refractivity contribution in [3.8, 4) is 0 Å². The Hall–Kier alpha value is -1.34. The molecule has 19 heavy (non-hydrogen) atoms. The molecule has 1 aliphatic heterocycles. The minimum atomic E-state index is -0.967. The van der Waals surface area contributed by atoms with Crippen molar-refractivity contribution in [2.75, 3.05) is 0 Å². The van der Waals surface area contributed by atoms with Crippen LogP contribution in [0.15, 0.2) is 16.3 Å². The van der Waals surface area contributed by atoms with E-state index in [-0.39, 0.29) is 29.2 Å². The van der Waals surface area contributed by atoms with E-state index >= 15 is 0 Å². The lowest BCUT2D eigenvalue weighted by Crippen LogP contribution is -2.33. The lowest BCUT2D eigenvalue weighted by atomic mass is 10.4. The number of thioether (sulfide) groups is 1. The Morgan fingerprint density at radius 3 is 2.74 bits per heavy atom. The molecular formula is C12H11NO4S2. The quantitative estimate of drug-likeness (QED) is 0.858. The van der Waals surface area contributed by atoms with E-state index in [1.165, 1.54) is 16.7 Å². The maximum absolute atomic E-state index is 12.1. The Labute approximate surface area is 117 Å². The molecule has 2 heterocycles. The Kier molecular flexibility index (Phi) is 3.10. The molecule has 1 aliphatic carbocycles. The normalized spacial score (nSPS) is 23.2. The van der Waals surface area contributed by atoms with Crippen molar-refractivity contribution >= 4 is 40.9 Å². The van der Waals surface area contributed by atoms with E-state index in [0.717, 1.165) is 29.1 Å². The van der Waals surface area contributed by atoms with Gasteiger partial charge in [-0.05, 0) is 18.9 Å². The molecule has 0 spiro atoms. The summed E-state index contributed by atoms with van der Waals surface area (Å²) in [6.45, 7) is 0. The van der Waals surface area contributed by atoms with Crippen LogP contribution in [0.4, 0.5) is 0 Å². The van der Waals surface area contributed by atoms with Crippen LogP contribution in [0.1, 0.15) is 28.9 Å². The molecule has 5 nitrogen and oxygen atoms in total. The zero-order valence-electron chi connectivity index (χ0n) is 9.87. The van der Waals surface area contributed by atoms with Gasteiger partial charge in [0.05, 0.1) is 5.25 Å². The maximum Gasteiger partial charge on any atom is 0.345 e. The predicted molar refractivity (Wildman–Crippen MR) is 70.4 cm³/mol. The van der Waals surface area contributed by atoms with Crippen LogP contribution in [0.2, 0.25) is 0 Å². The topological polar surface area (TPSA) is 74.7 Å². The lowest BCUT2D eigenvalue weighted by Gasteiger charge is -2.12. The number of carbonyl (C=O) groups is 3. The molecule has 1 saturated heterocycles. The van der Waals surface area contributed by atoms with Gasteiger partial charge in [-0.15, -0.1) is 23.1 Å². The number of hydrogen-bond acceptors (Lipinski definition) is 5. The first-order chi connectivity index (χ1) is 9.06. The molecule has 0 bridgehead atoms. The highest BCUT2D eigenvalue weighted by atomic mass is 32.2. The van der Waals surface area contributed by atoms with Crippen molar-refractivity contribution in [1.29, 1.82) is 0 Å². The molecule has 100 valence electrons. The van der Waals surface area contributed by atoms with Crippen molar-refractivity contribution < 1.29 is 19.5 Å². The predicted octanol–water partition coefficient (Wildman–Crippen LogP) is 1.83. The molecule has 1 unspecified atom stereocenters. The largest absolute Gasteiger partial charge is 0.477 e. The highest BCUT2D eigenvalue weighted by molar-refractivity contribution is 8.00. The second kappa shape index (κ2) is 4.64. The van der Waals surface area contributed by atoms with Gasteiger partial charge < -0.3 is 5.11 Å². The van der Waals surface area contributed by atoms with Crippen LogP contribution in [0.3, 0.4) is 0 Å². The van der Waals surface area contributed by atoms with Gasteiger partial charge in [-0.1, -0.05) is 0 Å². The zero-order chi connectivity index (χ0) is 13.6. The molecule has 1 aromatic rings. The number of carbonyl (C=O) groups excluding carboxylic acids is 2. The maximum atomic E-state index is 12.1. The smallest absolute Gasteiger partial charge is 0.345 e. The first kappa shape index (κ1) is 12.7. The number of thiophene rings is 1. The van der Waals surface area contributed by atoms with Crippen molar-refractivity contribution in [1.82, 2.24) is 4.90 Å². The third kappa shape index (κ3) is 2.40. The van der Waals surface area contributed by atoms with Crippen molar-refractivity contribution in [3.63, 3.8) is 0 Å². The van der Waals surface area contributed by atoms with Gasteiger partial charge in [0.25, 0.3) is 0 Å². The summed E-state index contributed by atoms with van der Waals surface area (Å²) in [6, 6.07) is 1.66. The number of carboxylic acids is 1. The van der Waals surface area contributed by atoms with Crippen LogP contribution in [0.5, 0.6) is 0 Å². The highest BCUT2D eigenvalue weighted by Gasteiger charge is 2.46. The molecule has 0 aromatic carbocycles. The van der Waals surface area contributed by atoms with Crippen molar-refractivity contribution in [2.24, 2.45) is 0 Å². The van der Waals surface area contributed by atoms with E-state index in [1.807, 2.05) is 0 Å². The first-order valence-corrected chi connectivity index (χ1v) is 7.66. The van der Waals surface area contributed by atoms with Crippen molar-refractivity contribution in [3.05, 3.63) is 16.3 Å². The van der Waals surface area contributed by atoms with Gasteiger partial charge in [-0.2, -0.15) is 0 Å². The number of nitrogens with zero attached hydrogens (tertiary/aromatic N) is 1. The van der Waals surface area contributed by atoms with Gasteiger partial charge in [0, 0.05) is 22.7 Å². The summed E-state index contributed by atoms with van der Waals surface area (Å²) in [4.78, 5) is 37.1. The third-order valence-electron chi connectivity index (χ3n) is 3.12. The molecule has 0 radical (unpaired) electrons. The minimum absolute atomic E-state index is 0.0984. The average Bonchev–Trinajstić information content (AvgIpc) is 2.98. The monoisotopic (exact) mass is 297 g/mol. The molecule has 2 amide bonds. The highest BCUT2D eigenvalue weighted by Crippen LogP contribution is 2.38. The van der Waals surface area contributed by atoms with Crippen LogP contribution in [-0.4, -0.2) is 39.1 Å². The summed E-state index contributed by atoms with van der Waals surface area (Å²) in [7, 11) is 0. The Morgan fingerprint density at radius 1 is 1.42 bits per heavy atom. The van der Waals surface area contributed by atoms with Gasteiger partial charge in [0.1, 0.15) is 4.88 Å². The van der Waals surface area contributed by atoms with E-state index in [9.17, 15) is 14.4 Å². The molecular weight excluding hydrogens is 286 g/mol. The van der Waals surface area contributed by atoms with E-state index in [4.69, 9.17) is 5.11 Å². The summed E-state index contributed by atoms with van der Waals surface area (Å²) in [6.07, 6.45) is 2.05. The molecule has 2 fully saturated rings. The van der Waals surface area contributed by atoms with Crippen LogP contribution in [0, 0.1) is 0 Å². The molecule has 1 N–H and O–H groups in total. The molecule has 1 atom stereocenters. The minimum Gasteiger partial charge on any atom is -0.477 e. The summed E-state index contributed by atoms with van der Waals surface area (Å²) >= 11 is 2.42. The number of aromatic carboxylic acids is 1. The molecule has 3 rings (SSSR count). The fraction of sp³-hybridized carbons (Fsp3) is 0.417. The number of amides is 2. The Balaban J connectivity index is 1.71. The Morgan fingerprint density at radius 2 is 2.16 bits per heavy atom. The summed E-state index contributed by atoms with van der Waals surface area (Å²) in [5.74, 6) is -1.19. The average molecular weight is 297 g/mol. The summed E-state index contributed by atoms with van der Waals surface area (Å²) in [5.41, 5.74) is 0. The van der Waals surface area contributed by atoms with Crippen LogP contribution < -0.4 is 0 Å². The molecule has 2 aliphatic rings. The summed E-state index contributed by atoms with van der Waals surface area (Å²) < 4.78 is 0. The number of carboxylic acid groups (broad SMARTS) is 1. The van der Waals surface area contributed by atoms with Gasteiger partial charge in [0.2, 0.25) is 11.8 Å². The van der Waals surface area contributed by atoms with Crippen LogP contribution in [0.25, 0.3) is 0 Å². The number of likely N-dealkylation sites (tertiary alicyclic amines) is 1. The van der Waals surface area contributed by atoms with Gasteiger partial charge in [-0.25, -0.2) is 4.79 Å². The lowest BCUT2D eigenvalue weighted by molar-refractivity contribution is -0.138. The van der Waals surface area contributed by atoms with Gasteiger partial charge in [-0.3, -0.25) is 14.5 Å². The number of hydrogen-bond donors (Lipinski definition) is 1. The summed E-state index contributed by atoms with van der Waals surface area (Å²) in [5, 5.41) is 10.2. The Bertz CT molecular complexity index is 564. The fourth-order valence-corrected chi connectivity index (χ4v) is 4.09. The van der Waals surface area contributed by atoms with E-state index < -0.39 is 11.2 Å². The van der Waals surface area contributed by atoms with Gasteiger partial charge in [0.15, 0.2) is 0 Å². The second-order valence-corrected chi connectivity index (χ2v) is 6.78. The second-order valence-electron chi connectivity index (χ2n) is 4.60. The zero-order valence-corrected chi connectivity index (χ0v) is 11.5. The van der Waals surface area contributed by atoms with Crippen LogP contribution >= 0.6 is 23.1 Å². The van der Waals surface area contributed by atoms with E-state index in [1.54, 1.807) is 11.4 Å². The fourth-order valence-electron chi connectivity index (χ4n) is 2.09. The van der Waals surface area contributed by atoms with Gasteiger partial charge >= 0.3 is 5.97 Å². The standard InChI is InChI=1S/C12H11NO4S2/c14-10-4-8(11(15)13(10)6-1-2-6)19-7-3-9(12(16)17)18-5-7/h3,5-6,8H,1-2,4H2,(H,16,17). The SMILES string of the molecule is O=C(O)c1cc(SC2CC(=O)N(C3CC3)C2=O)cs1. The first-order valence-electron chi connectivity index (χ1n) is 5.90. The molecule has 1 saturated carbocycles. The third-order valence-corrected chi connectivity index (χ3v) is 5.35. The number of imide groups is 1. The van der Waals surface area contributed by atoms with E-state index in [2.05, 4.69) is 0 Å². The number of rotatable bonds is 4. The molecule has 1 aromatic heterocycles. The van der Waals surface area contributed by atoms with E-state index in [0.29, 0.717) is 0 Å².